The zero-order chi connectivity index (χ0) is 15.1. The van der Waals surface area contributed by atoms with Gasteiger partial charge in [0.1, 0.15) is 11.3 Å². The van der Waals surface area contributed by atoms with E-state index in [-0.39, 0.29) is 11.5 Å². The topological polar surface area (TPSA) is 112 Å². The molecule has 0 saturated carbocycles. The first-order valence-electron chi connectivity index (χ1n) is 5.50. The summed E-state index contributed by atoms with van der Waals surface area (Å²) in [5.41, 5.74) is 0.454. The number of rotatable bonds is 5. The minimum atomic E-state index is -1.29. The zero-order valence-electron chi connectivity index (χ0n) is 10.9. The van der Waals surface area contributed by atoms with Crippen molar-refractivity contribution in [3.05, 3.63) is 23.8 Å². The lowest BCUT2D eigenvalue weighted by molar-refractivity contribution is -0.131. The maximum absolute atomic E-state index is 11.1. The summed E-state index contributed by atoms with van der Waals surface area (Å²) >= 11 is 0. The molecule has 0 fully saturated rings. The maximum Gasteiger partial charge on any atom is 0.346 e. The number of anilines is 1. The average Bonchev–Trinajstić information content (AvgIpc) is 2.38. The number of hydrogen-bond acceptors (Lipinski definition) is 5. The van der Waals surface area contributed by atoms with Crippen molar-refractivity contribution in [2.24, 2.45) is 4.99 Å². The van der Waals surface area contributed by atoms with Gasteiger partial charge in [0.15, 0.2) is 0 Å². The largest absolute Gasteiger partial charge is 0.495 e. The summed E-state index contributed by atoms with van der Waals surface area (Å²) < 4.78 is 5.08. The molecular formula is C13H13N3O4. The Morgan fingerprint density at radius 1 is 1.50 bits per heavy atom. The van der Waals surface area contributed by atoms with Crippen LogP contribution in [0.25, 0.3) is 0 Å². The van der Waals surface area contributed by atoms with Crippen LogP contribution in [0.3, 0.4) is 0 Å². The lowest BCUT2D eigenvalue weighted by Crippen LogP contribution is -2.07. The summed E-state index contributed by atoms with van der Waals surface area (Å²) in [7, 11) is 1.46. The Kier molecular flexibility index (Phi) is 5.20. The van der Waals surface area contributed by atoms with Gasteiger partial charge in [0, 0.05) is 6.92 Å². The number of nitrogens with one attached hydrogen (secondary N) is 2. The second-order valence-electron chi connectivity index (χ2n) is 3.67. The molecule has 7 heteroatoms. The Balaban J connectivity index is 3.09. The van der Waals surface area contributed by atoms with Crippen molar-refractivity contribution in [3.8, 4) is 5.75 Å². The number of carboxylic acids is 1. The molecular weight excluding hydrogens is 262 g/mol. The first kappa shape index (κ1) is 15.1. The number of hydrogen-bond donors (Lipinski definition) is 3. The highest BCUT2D eigenvalue weighted by atomic mass is 16.5. The molecule has 0 heterocycles. The van der Waals surface area contributed by atoms with Crippen molar-refractivity contribution < 1.29 is 19.4 Å². The van der Waals surface area contributed by atoms with Gasteiger partial charge in [-0.15, -0.1) is 0 Å². The van der Waals surface area contributed by atoms with Gasteiger partial charge >= 0.3 is 5.97 Å². The third-order valence-electron chi connectivity index (χ3n) is 2.20. The predicted molar refractivity (Wildman–Crippen MR) is 74.3 cm³/mol. The van der Waals surface area contributed by atoms with Gasteiger partial charge in [0.25, 0.3) is 0 Å². The van der Waals surface area contributed by atoms with Gasteiger partial charge in [-0.25, -0.2) is 4.79 Å². The molecule has 0 bridgehead atoms. The van der Waals surface area contributed by atoms with Crippen molar-refractivity contribution in [2.45, 2.75) is 6.92 Å². The van der Waals surface area contributed by atoms with E-state index in [0.29, 0.717) is 17.1 Å². The van der Waals surface area contributed by atoms with Crippen LogP contribution < -0.4 is 10.1 Å². The molecule has 1 rings (SSSR count). The number of nitrogens with zero attached hydrogens (tertiary/aromatic N) is 1. The number of carboxylic acid groups (broad SMARTS) is 1. The van der Waals surface area contributed by atoms with E-state index in [4.69, 9.17) is 15.3 Å². The Morgan fingerprint density at radius 2 is 2.20 bits per heavy atom. The minimum absolute atomic E-state index is 0.268. The molecule has 1 aromatic rings. The monoisotopic (exact) mass is 275 g/mol. The molecule has 104 valence electrons. The molecule has 0 aromatic heterocycles. The fraction of sp³-hybridized carbons (Fsp3) is 0.154. The van der Waals surface area contributed by atoms with E-state index >= 15 is 0 Å². The van der Waals surface area contributed by atoms with Crippen LogP contribution in [0.4, 0.5) is 11.4 Å². The van der Waals surface area contributed by atoms with Crippen LogP contribution in [0.2, 0.25) is 0 Å². The molecule has 3 N–H and O–H groups in total. The number of aliphatic imine (C=N–C) groups is 1. The molecule has 0 aliphatic rings. The summed E-state index contributed by atoms with van der Waals surface area (Å²) in [6.07, 6.45) is 1.01. The van der Waals surface area contributed by atoms with E-state index < -0.39 is 5.97 Å². The van der Waals surface area contributed by atoms with Crippen LogP contribution in [-0.2, 0) is 9.59 Å². The van der Waals surface area contributed by atoms with Gasteiger partial charge in [0.05, 0.1) is 24.7 Å². The summed E-state index contributed by atoms with van der Waals surface area (Å²) in [6, 6.07) is 4.71. The smallest absolute Gasteiger partial charge is 0.346 e. The van der Waals surface area contributed by atoms with Crippen LogP contribution in [0.5, 0.6) is 5.75 Å². The van der Waals surface area contributed by atoms with Gasteiger partial charge in [-0.3, -0.25) is 15.2 Å². The second kappa shape index (κ2) is 6.86. The number of amides is 1. The second-order valence-corrected chi connectivity index (χ2v) is 3.67. The van der Waals surface area contributed by atoms with Crippen LogP contribution in [-0.4, -0.2) is 36.2 Å². The van der Waals surface area contributed by atoms with Crippen molar-refractivity contribution in [3.63, 3.8) is 0 Å². The summed E-state index contributed by atoms with van der Waals surface area (Å²) in [4.78, 5) is 25.7. The predicted octanol–water partition coefficient (Wildman–Crippen LogP) is 1.62. The summed E-state index contributed by atoms with van der Waals surface area (Å²) in [5, 5.41) is 18.1. The molecule has 0 spiro atoms. The number of carbonyl (C=O) groups excluding carboxylic acids is 1. The Morgan fingerprint density at radius 3 is 2.70 bits per heavy atom. The van der Waals surface area contributed by atoms with Crippen molar-refractivity contribution in [1.29, 1.82) is 5.41 Å². The van der Waals surface area contributed by atoms with Crippen LogP contribution in [0.15, 0.2) is 28.8 Å². The zero-order valence-corrected chi connectivity index (χ0v) is 10.9. The maximum atomic E-state index is 11.1. The van der Waals surface area contributed by atoms with Gasteiger partial charge in [-0.2, -0.15) is 0 Å². The SMILES string of the molecule is COc1ccc(N=CC(=C=N)C(=O)O)cc1NC(C)=O. The third kappa shape index (κ3) is 4.08. The standard InChI is InChI=1S/C13H13N3O4/c1-8(17)16-11-5-10(3-4-12(11)20-2)15-7-9(6-14)13(18)19/h3-5,7,14H,1-2H3,(H,16,17)(H,18,19). The molecule has 7 nitrogen and oxygen atoms in total. The van der Waals surface area contributed by atoms with Crippen molar-refractivity contribution >= 4 is 35.3 Å². The quantitative estimate of drug-likeness (QED) is 0.559. The molecule has 0 unspecified atom stereocenters. The molecule has 0 aliphatic carbocycles. The van der Waals surface area contributed by atoms with Gasteiger partial charge < -0.3 is 15.2 Å². The van der Waals surface area contributed by atoms with Crippen LogP contribution in [0.1, 0.15) is 6.92 Å². The normalized spacial score (nSPS) is 9.90. The molecule has 0 radical (unpaired) electrons. The summed E-state index contributed by atoms with van der Waals surface area (Å²) in [6.45, 7) is 1.36. The lowest BCUT2D eigenvalue weighted by Gasteiger charge is -2.09. The Bertz CT molecular complexity index is 616. The first-order chi connectivity index (χ1) is 9.47. The highest BCUT2D eigenvalue weighted by molar-refractivity contribution is 6.16. The highest BCUT2D eigenvalue weighted by Crippen LogP contribution is 2.29. The van der Waals surface area contributed by atoms with Gasteiger partial charge in [-0.05, 0) is 24.1 Å². The Hall–Kier alpha value is -2.92. The molecule has 1 amide bonds. The number of carbonyl (C=O) groups is 2. The Labute approximate surface area is 115 Å². The number of methoxy groups -OCH3 is 1. The average molecular weight is 275 g/mol. The number of aliphatic carboxylic acids is 1. The third-order valence-corrected chi connectivity index (χ3v) is 2.20. The van der Waals surface area contributed by atoms with E-state index in [0.717, 1.165) is 6.21 Å². The van der Waals surface area contributed by atoms with E-state index in [1.165, 1.54) is 20.1 Å². The summed E-state index contributed by atoms with van der Waals surface area (Å²) in [5.74, 6) is 0.662. The fourth-order valence-corrected chi connectivity index (χ4v) is 1.34. The van der Waals surface area contributed by atoms with Gasteiger partial charge in [0.2, 0.25) is 5.91 Å². The first-order valence-corrected chi connectivity index (χ1v) is 5.50. The van der Waals surface area contributed by atoms with E-state index in [1.807, 2.05) is 0 Å². The fourth-order valence-electron chi connectivity index (χ4n) is 1.34. The number of benzene rings is 1. The minimum Gasteiger partial charge on any atom is -0.495 e. The van der Waals surface area contributed by atoms with E-state index in [9.17, 15) is 9.59 Å². The van der Waals surface area contributed by atoms with Crippen LogP contribution >= 0.6 is 0 Å². The van der Waals surface area contributed by atoms with Crippen LogP contribution in [0, 0.1) is 5.41 Å². The highest BCUT2D eigenvalue weighted by Gasteiger charge is 2.06. The molecule has 1 aromatic carbocycles. The van der Waals surface area contributed by atoms with Crippen molar-refractivity contribution in [2.75, 3.05) is 12.4 Å². The number of ether oxygens (including phenoxy) is 1. The van der Waals surface area contributed by atoms with E-state index in [1.54, 1.807) is 18.0 Å². The molecule has 20 heavy (non-hydrogen) atoms. The molecule has 0 aliphatic heterocycles. The molecule has 0 atom stereocenters. The van der Waals surface area contributed by atoms with Crippen molar-refractivity contribution in [1.82, 2.24) is 0 Å². The van der Waals surface area contributed by atoms with E-state index in [2.05, 4.69) is 10.3 Å². The lowest BCUT2D eigenvalue weighted by atomic mass is 10.2. The molecule has 0 saturated heterocycles. The van der Waals surface area contributed by atoms with Gasteiger partial charge in [-0.1, -0.05) is 0 Å².